The van der Waals surface area contributed by atoms with Crippen molar-refractivity contribution in [3.05, 3.63) is 59.7 Å². The van der Waals surface area contributed by atoms with Gasteiger partial charge in [-0.05, 0) is 30.3 Å². The molecule has 0 aromatic heterocycles. The summed E-state index contributed by atoms with van der Waals surface area (Å²) < 4.78 is 51.2. The van der Waals surface area contributed by atoms with Gasteiger partial charge in [0.05, 0.1) is 30.3 Å². The van der Waals surface area contributed by atoms with Crippen molar-refractivity contribution in [3.63, 3.8) is 0 Å². The molecule has 9 heteroatoms. The molecule has 1 saturated heterocycles. The van der Waals surface area contributed by atoms with Crippen LogP contribution in [0.1, 0.15) is 17.5 Å². The zero-order chi connectivity index (χ0) is 22.4. The van der Waals surface area contributed by atoms with Crippen LogP contribution in [0, 0.1) is 11.3 Å². The lowest BCUT2D eigenvalue weighted by atomic mass is 10.1. The van der Waals surface area contributed by atoms with Crippen LogP contribution in [0.15, 0.2) is 48.5 Å². The monoisotopic (exact) mass is 433 g/mol. The number of hydrogen-bond donors (Lipinski definition) is 1. The molecule has 164 valence electrons. The molecule has 2 aromatic carbocycles. The summed E-state index contributed by atoms with van der Waals surface area (Å²) in [5, 5.41) is 11.8. The standard InChI is InChI=1S/C22H22F3N3O3/c1-30-10-9-27-21(29)20-12-18(31-17-5-3-2-4-6-17)14-28(20)16-8-7-15(13-26)19(11-16)22(23,24)25/h2-8,11,18,20H,9-10,12,14H2,1H3,(H,27,29)/t18-,20-/m0/s1. The van der Waals surface area contributed by atoms with Crippen LogP contribution in [0.25, 0.3) is 0 Å². The summed E-state index contributed by atoms with van der Waals surface area (Å²) in [7, 11) is 1.51. The van der Waals surface area contributed by atoms with E-state index in [0.29, 0.717) is 18.8 Å². The number of carbonyl (C=O) groups excluding carboxylic acids is 1. The molecule has 2 atom stereocenters. The number of carbonyl (C=O) groups is 1. The van der Waals surface area contributed by atoms with Gasteiger partial charge in [-0.2, -0.15) is 18.4 Å². The Morgan fingerprint density at radius 3 is 2.65 bits per heavy atom. The van der Waals surface area contributed by atoms with Crippen molar-refractivity contribution in [2.45, 2.75) is 24.7 Å². The number of anilines is 1. The van der Waals surface area contributed by atoms with Gasteiger partial charge in [-0.3, -0.25) is 4.79 Å². The first-order valence-electron chi connectivity index (χ1n) is 9.70. The molecule has 0 spiro atoms. The summed E-state index contributed by atoms with van der Waals surface area (Å²) >= 11 is 0. The molecule has 0 aliphatic carbocycles. The van der Waals surface area contributed by atoms with Crippen LogP contribution in [0.2, 0.25) is 0 Å². The minimum atomic E-state index is -4.68. The molecule has 1 heterocycles. The van der Waals surface area contributed by atoms with E-state index in [9.17, 15) is 18.0 Å². The predicted molar refractivity (Wildman–Crippen MR) is 108 cm³/mol. The fourth-order valence-electron chi connectivity index (χ4n) is 3.55. The highest BCUT2D eigenvalue weighted by atomic mass is 19.4. The molecular formula is C22H22F3N3O3. The van der Waals surface area contributed by atoms with Crippen LogP contribution in [0.4, 0.5) is 18.9 Å². The number of ether oxygens (including phenoxy) is 2. The van der Waals surface area contributed by atoms with E-state index in [1.54, 1.807) is 23.1 Å². The molecule has 0 bridgehead atoms. The maximum atomic E-state index is 13.4. The molecule has 2 aromatic rings. The van der Waals surface area contributed by atoms with Gasteiger partial charge >= 0.3 is 6.18 Å². The number of nitriles is 1. The zero-order valence-corrected chi connectivity index (χ0v) is 16.9. The van der Waals surface area contributed by atoms with Gasteiger partial charge in [-0.1, -0.05) is 18.2 Å². The summed E-state index contributed by atoms with van der Waals surface area (Å²) in [5.74, 6) is 0.290. The van der Waals surface area contributed by atoms with Crippen molar-refractivity contribution in [2.75, 3.05) is 31.7 Å². The Kier molecular flexibility index (Phi) is 7.02. The number of nitrogens with zero attached hydrogens (tertiary/aromatic N) is 2. The molecule has 6 nitrogen and oxygen atoms in total. The Bertz CT molecular complexity index is 944. The first-order chi connectivity index (χ1) is 14.8. The Morgan fingerprint density at radius 2 is 2.00 bits per heavy atom. The fourth-order valence-corrected chi connectivity index (χ4v) is 3.55. The summed E-state index contributed by atoms with van der Waals surface area (Å²) in [6, 6.07) is 13.3. The number of amides is 1. The number of alkyl halides is 3. The zero-order valence-electron chi connectivity index (χ0n) is 16.9. The van der Waals surface area contributed by atoms with Gasteiger partial charge in [0.2, 0.25) is 5.91 Å². The highest BCUT2D eigenvalue weighted by molar-refractivity contribution is 5.86. The number of para-hydroxylation sites is 1. The summed E-state index contributed by atoms with van der Waals surface area (Å²) in [6.07, 6.45) is -4.78. The minimum Gasteiger partial charge on any atom is -0.488 e. The summed E-state index contributed by atoms with van der Waals surface area (Å²) in [6.45, 7) is 0.822. The summed E-state index contributed by atoms with van der Waals surface area (Å²) in [5.41, 5.74) is -1.29. The molecule has 1 aliphatic rings. The number of hydrogen-bond acceptors (Lipinski definition) is 5. The van der Waals surface area contributed by atoms with Crippen LogP contribution in [-0.4, -0.2) is 44.9 Å². The quantitative estimate of drug-likeness (QED) is 0.678. The van der Waals surface area contributed by atoms with E-state index >= 15 is 0 Å². The minimum absolute atomic E-state index is 0.206. The molecule has 0 radical (unpaired) electrons. The van der Waals surface area contributed by atoms with Gasteiger partial charge in [0.25, 0.3) is 0 Å². The molecular weight excluding hydrogens is 411 g/mol. The second kappa shape index (κ2) is 9.71. The van der Waals surface area contributed by atoms with Gasteiger partial charge in [0.15, 0.2) is 0 Å². The Hall–Kier alpha value is -3.25. The van der Waals surface area contributed by atoms with Crippen LogP contribution in [0.3, 0.4) is 0 Å². The van der Waals surface area contributed by atoms with E-state index in [1.165, 1.54) is 13.2 Å². The first-order valence-corrected chi connectivity index (χ1v) is 9.70. The smallest absolute Gasteiger partial charge is 0.417 e. The van der Waals surface area contributed by atoms with Crippen molar-refractivity contribution >= 4 is 11.6 Å². The van der Waals surface area contributed by atoms with E-state index in [0.717, 1.165) is 12.1 Å². The third kappa shape index (κ3) is 5.47. The molecule has 1 amide bonds. The molecule has 1 aliphatic heterocycles. The van der Waals surface area contributed by atoms with E-state index in [2.05, 4.69) is 5.32 Å². The van der Waals surface area contributed by atoms with Crippen molar-refractivity contribution in [1.82, 2.24) is 5.32 Å². The second-order valence-electron chi connectivity index (χ2n) is 7.08. The number of nitrogens with one attached hydrogen (secondary N) is 1. The van der Waals surface area contributed by atoms with Crippen LogP contribution in [0.5, 0.6) is 5.75 Å². The normalized spacial score (nSPS) is 18.5. The lowest BCUT2D eigenvalue weighted by molar-refractivity contribution is -0.137. The van der Waals surface area contributed by atoms with Crippen molar-refractivity contribution in [2.24, 2.45) is 0 Å². The Morgan fingerprint density at radius 1 is 1.26 bits per heavy atom. The van der Waals surface area contributed by atoms with Crippen LogP contribution >= 0.6 is 0 Å². The number of benzene rings is 2. The highest BCUT2D eigenvalue weighted by Crippen LogP contribution is 2.36. The predicted octanol–water partition coefficient (Wildman–Crippen LogP) is 3.37. The lowest BCUT2D eigenvalue weighted by Crippen LogP contribution is -2.44. The molecule has 1 fully saturated rings. The lowest BCUT2D eigenvalue weighted by Gasteiger charge is -2.26. The van der Waals surface area contributed by atoms with E-state index < -0.39 is 29.4 Å². The molecule has 0 saturated carbocycles. The number of halogens is 3. The molecule has 1 N–H and O–H groups in total. The molecule has 31 heavy (non-hydrogen) atoms. The molecule has 0 unspecified atom stereocenters. The van der Waals surface area contributed by atoms with Crippen LogP contribution in [-0.2, 0) is 15.7 Å². The van der Waals surface area contributed by atoms with Gasteiger partial charge in [0.1, 0.15) is 17.9 Å². The van der Waals surface area contributed by atoms with Crippen LogP contribution < -0.4 is 15.0 Å². The fraction of sp³-hybridized carbons (Fsp3) is 0.364. The van der Waals surface area contributed by atoms with Gasteiger partial charge in [-0.25, -0.2) is 0 Å². The maximum Gasteiger partial charge on any atom is 0.417 e. The SMILES string of the molecule is COCCNC(=O)[C@@H]1C[C@H](Oc2ccccc2)CN1c1ccc(C#N)c(C(F)(F)F)c1. The van der Waals surface area contributed by atoms with Crippen molar-refractivity contribution in [3.8, 4) is 11.8 Å². The molecule has 3 rings (SSSR count). The number of rotatable bonds is 7. The first kappa shape index (κ1) is 22.4. The van der Waals surface area contributed by atoms with E-state index in [-0.39, 0.29) is 24.7 Å². The van der Waals surface area contributed by atoms with Gasteiger partial charge in [-0.15, -0.1) is 0 Å². The third-order valence-corrected chi connectivity index (χ3v) is 4.98. The van der Waals surface area contributed by atoms with E-state index in [1.807, 2.05) is 18.2 Å². The van der Waals surface area contributed by atoms with Gasteiger partial charge < -0.3 is 19.7 Å². The van der Waals surface area contributed by atoms with E-state index in [4.69, 9.17) is 14.7 Å². The maximum absolute atomic E-state index is 13.4. The number of methoxy groups -OCH3 is 1. The summed E-state index contributed by atoms with van der Waals surface area (Å²) in [4.78, 5) is 14.4. The average Bonchev–Trinajstić information content (AvgIpc) is 3.17. The Labute approximate surface area is 178 Å². The Balaban J connectivity index is 1.88. The average molecular weight is 433 g/mol. The van der Waals surface area contributed by atoms with Crippen molar-refractivity contribution < 1.29 is 27.4 Å². The third-order valence-electron chi connectivity index (χ3n) is 4.98. The van der Waals surface area contributed by atoms with Crippen molar-refractivity contribution in [1.29, 1.82) is 5.26 Å². The van der Waals surface area contributed by atoms with Gasteiger partial charge in [0, 0.05) is 25.8 Å². The highest BCUT2D eigenvalue weighted by Gasteiger charge is 2.40. The largest absolute Gasteiger partial charge is 0.488 e. The topological polar surface area (TPSA) is 74.6 Å². The second-order valence-corrected chi connectivity index (χ2v) is 7.08.